The Bertz CT molecular complexity index is 1310. The number of fused-ring (bicyclic) bond motifs is 1. The van der Waals surface area contributed by atoms with Crippen LogP contribution in [0.5, 0.6) is 5.75 Å². The van der Waals surface area contributed by atoms with Gasteiger partial charge in [0.05, 0.1) is 24.4 Å². The van der Waals surface area contributed by atoms with Gasteiger partial charge in [0, 0.05) is 6.42 Å². The molecule has 0 spiro atoms. The van der Waals surface area contributed by atoms with Crippen LogP contribution in [0.2, 0.25) is 0 Å². The van der Waals surface area contributed by atoms with Gasteiger partial charge in [-0.3, -0.25) is 4.79 Å². The molecule has 0 saturated heterocycles. The number of aromatic nitrogens is 4. The van der Waals surface area contributed by atoms with Crippen LogP contribution < -0.4 is 10.3 Å². The van der Waals surface area contributed by atoms with E-state index in [0.717, 1.165) is 23.4 Å². The molecule has 0 aliphatic heterocycles. The molecule has 1 N–H and O–H groups in total. The molecule has 0 amide bonds. The minimum atomic E-state index is -4.40. The van der Waals surface area contributed by atoms with Gasteiger partial charge in [-0.05, 0) is 49.2 Å². The minimum Gasteiger partial charge on any atom is -0.497 e. The third-order valence-electron chi connectivity index (χ3n) is 5.40. The Hall–Kier alpha value is -3.62. The number of rotatable bonds is 5. The van der Waals surface area contributed by atoms with Crippen LogP contribution in [-0.4, -0.2) is 26.9 Å². The number of aromatic amines is 1. The number of nitrogens with zero attached hydrogens (tertiary/aromatic N) is 3. The number of alkyl halides is 3. The molecule has 0 aliphatic rings. The van der Waals surface area contributed by atoms with Gasteiger partial charge in [0.25, 0.3) is 5.56 Å². The molecule has 4 rings (SSSR count). The van der Waals surface area contributed by atoms with E-state index in [9.17, 15) is 18.0 Å². The van der Waals surface area contributed by atoms with Crippen molar-refractivity contribution in [1.82, 2.24) is 19.7 Å². The SMILES string of the molecule is COc1ccc(Cc2nc3c(c(C)nn3C(C)c3ccc(C(F)(F)F)cc3)c(=O)[nH]2)cc1. The normalized spacial score (nSPS) is 12.8. The zero-order chi connectivity index (χ0) is 23.0. The zero-order valence-electron chi connectivity index (χ0n) is 17.7. The summed E-state index contributed by atoms with van der Waals surface area (Å²) in [7, 11) is 1.59. The number of ether oxygens (including phenoxy) is 1. The summed E-state index contributed by atoms with van der Waals surface area (Å²) in [6.45, 7) is 3.51. The monoisotopic (exact) mass is 442 g/mol. The van der Waals surface area contributed by atoms with Crippen LogP contribution in [0.3, 0.4) is 0 Å². The molecular weight excluding hydrogens is 421 g/mol. The van der Waals surface area contributed by atoms with Crippen molar-refractivity contribution in [2.45, 2.75) is 32.5 Å². The molecule has 2 aromatic heterocycles. The van der Waals surface area contributed by atoms with E-state index in [1.165, 1.54) is 12.1 Å². The van der Waals surface area contributed by atoms with Crippen LogP contribution >= 0.6 is 0 Å². The van der Waals surface area contributed by atoms with E-state index in [2.05, 4.69) is 15.1 Å². The lowest BCUT2D eigenvalue weighted by Crippen LogP contribution is -2.15. The molecular formula is C23H21F3N4O2. The van der Waals surface area contributed by atoms with Crippen LogP contribution in [0, 0.1) is 6.92 Å². The van der Waals surface area contributed by atoms with E-state index >= 15 is 0 Å². The van der Waals surface area contributed by atoms with E-state index in [1.54, 1.807) is 25.6 Å². The smallest absolute Gasteiger partial charge is 0.416 e. The molecule has 4 aromatic rings. The summed E-state index contributed by atoms with van der Waals surface area (Å²) in [6.07, 6.45) is -4.00. The highest BCUT2D eigenvalue weighted by molar-refractivity contribution is 5.77. The second-order valence-corrected chi connectivity index (χ2v) is 7.56. The molecule has 0 aliphatic carbocycles. The van der Waals surface area contributed by atoms with Crippen LogP contribution in [0.25, 0.3) is 11.0 Å². The van der Waals surface area contributed by atoms with Gasteiger partial charge in [0.1, 0.15) is 17.0 Å². The Labute approximate surface area is 181 Å². The first-order valence-corrected chi connectivity index (χ1v) is 9.95. The van der Waals surface area contributed by atoms with Crippen LogP contribution in [0.15, 0.2) is 53.3 Å². The maximum Gasteiger partial charge on any atom is 0.416 e. The molecule has 2 heterocycles. The van der Waals surface area contributed by atoms with Crippen LogP contribution in [0.1, 0.15) is 41.2 Å². The molecule has 0 radical (unpaired) electrons. The molecule has 166 valence electrons. The first-order valence-electron chi connectivity index (χ1n) is 9.95. The summed E-state index contributed by atoms with van der Waals surface area (Å²) >= 11 is 0. The molecule has 1 atom stereocenters. The summed E-state index contributed by atoms with van der Waals surface area (Å²) in [5, 5.41) is 4.83. The second kappa shape index (κ2) is 8.14. The van der Waals surface area contributed by atoms with E-state index in [1.807, 2.05) is 24.3 Å². The third-order valence-corrected chi connectivity index (χ3v) is 5.40. The highest BCUT2D eigenvalue weighted by atomic mass is 19.4. The quantitative estimate of drug-likeness (QED) is 0.488. The van der Waals surface area contributed by atoms with Gasteiger partial charge < -0.3 is 9.72 Å². The third kappa shape index (κ3) is 4.10. The van der Waals surface area contributed by atoms with Crippen molar-refractivity contribution >= 4 is 11.0 Å². The fourth-order valence-corrected chi connectivity index (χ4v) is 3.64. The van der Waals surface area contributed by atoms with Gasteiger partial charge in [-0.15, -0.1) is 0 Å². The lowest BCUT2D eigenvalue weighted by Gasteiger charge is -2.15. The van der Waals surface area contributed by atoms with Crippen LogP contribution in [0.4, 0.5) is 13.2 Å². The van der Waals surface area contributed by atoms with Gasteiger partial charge in [-0.1, -0.05) is 24.3 Å². The standard InChI is InChI=1S/C23H21F3N4O2/c1-13-20-21(27-19(28-22(20)31)12-15-4-10-18(32-3)11-5-15)30(29-13)14(2)16-6-8-17(9-7-16)23(24,25)26/h4-11,14H,12H2,1-3H3,(H,27,28,31). The topological polar surface area (TPSA) is 72.8 Å². The van der Waals surface area contributed by atoms with Crippen molar-refractivity contribution in [2.75, 3.05) is 7.11 Å². The number of benzene rings is 2. The van der Waals surface area contributed by atoms with Gasteiger partial charge >= 0.3 is 6.18 Å². The molecule has 0 saturated carbocycles. The van der Waals surface area contributed by atoms with Crippen LogP contribution in [-0.2, 0) is 12.6 Å². The predicted molar refractivity (Wildman–Crippen MR) is 114 cm³/mol. The molecule has 1 unspecified atom stereocenters. The first kappa shape index (κ1) is 21.6. The Morgan fingerprint density at radius 1 is 1.09 bits per heavy atom. The fourth-order valence-electron chi connectivity index (χ4n) is 3.64. The summed E-state index contributed by atoms with van der Waals surface area (Å²) in [5.74, 6) is 1.19. The van der Waals surface area contributed by atoms with Crippen molar-refractivity contribution < 1.29 is 17.9 Å². The predicted octanol–water partition coefficient (Wildman–Crippen LogP) is 4.66. The fraction of sp³-hybridized carbons (Fsp3) is 0.261. The van der Waals surface area contributed by atoms with Crippen molar-refractivity contribution in [1.29, 1.82) is 0 Å². The number of methoxy groups -OCH3 is 1. The van der Waals surface area contributed by atoms with Crippen molar-refractivity contribution in [2.24, 2.45) is 0 Å². The Kier molecular flexibility index (Phi) is 5.50. The van der Waals surface area contributed by atoms with E-state index in [-0.39, 0.29) is 5.56 Å². The van der Waals surface area contributed by atoms with E-state index in [4.69, 9.17) is 4.74 Å². The summed E-state index contributed by atoms with van der Waals surface area (Å²) in [6, 6.07) is 11.9. The number of hydrogen-bond donors (Lipinski definition) is 1. The summed E-state index contributed by atoms with van der Waals surface area (Å²) in [4.78, 5) is 20.2. The zero-order valence-corrected chi connectivity index (χ0v) is 17.7. The Morgan fingerprint density at radius 3 is 2.34 bits per heavy atom. The summed E-state index contributed by atoms with van der Waals surface area (Å²) in [5.41, 5.74) is 1.44. The van der Waals surface area contributed by atoms with E-state index in [0.29, 0.717) is 34.5 Å². The van der Waals surface area contributed by atoms with E-state index < -0.39 is 17.8 Å². The number of hydrogen-bond acceptors (Lipinski definition) is 4. The first-order chi connectivity index (χ1) is 15.2. The average molecular weight is 442 g/mol. The van der Waals surface area contributed by atoms with Gasteiger partial charge in [0.15, 0.2) is 5.65 Å². The largest absolute Gasteiger partial charge is 0.497 e. The number of halogens is 3. The highest BCUT2D eigenvalue weighted by Crippen LogP contribution is 2.31. The minimum absolute atomic E-state index is 0.304. The number of H-pyrrole nitrogens is 1. The number of nitrogens with one attached hydrogen (secondary N) is 1. The maximum absolute atomic E-state index is 12.9. The molecule has 2 aromatic carbocycles. The number of aryl methyl sites for hydroxylation is 1. The second-order valence-electron chi connectivity index (χ2n) is 7.56. The summed E-state index contributed by atoms with van der Waals surface area (Å²) < 4.78 is 45.4. The maximum atomic E-state index is 12.9. The molecule has 32 heavy (non-hydrogen) atoms. The molecule has 0 fully saturated rings. The van der Waals surface area contributed by atoms with Crippen molar-refractivity contribution in [3.8, 4) is 5.75 Å². The Morgan fingerprint density at radius 2 is 1.75 bits per heavy atom. The molecule has 6 nitrogen and oxygen atoms in total. The van der Waals surface area contributed by atoms with Crippen molar-refractivity contribution in [3.05, 3.63) is 87.1 Å². The van der Waals surface area contributed by atoms with Crippen molar-refractivity contribution in [3.63, 3.8) is 0 Å². The lowest BCUT2D eigenvalue weighted by molar-refractivity contribution is -0.137. The molecule has 9 heteroatoms. The Balaban J connectivity index is 1.72. The van der Waals surface area contributed by atoms with Gasteiger partial charge in [0.2, 0.25) is 0 Å². The van der Waals surface area contributed by atoms with Gasteiger partial charge in [-0.2, -0.15) is 18.3 Å². The van der Waals surface area contributed by atoms with Gasteiger partial charge in [-0.25, -0.2) is 9.67 Å². The average Bonchev–Trinajstić information content (AvgIpc) is 3.10. The molecule has 0 bridgehead atoms. The lowest BCUT2D eigenvalue weighted by atomic mass is 10.1. The highest BCUT2D eigenvalue weighted by Gasteiger charge is 2.30.